The molecule has 0 N–H and O–H groups in total. The summed E-state index contributed by atoms with van der Waals surface area (Å²) < 4.78 is 29.4. The molecule has 1 aromatic rings. The summed E-state index contributed by atoms with van der Waals surface area (Å²) in [4.78, 5) is 14.7. The van der Waals surface area contributed by atoms with Gasteiger partial charge in [-0.1, -0.05) is 23.2 Å². The number of halogens is 4. The molecule has 1 aromatic heterocycles. The van der Waals surface area contributed by atoms with Gasteiger partial charge in [0, 0.05) is 10.6 Å². The van der Waals surface area contributed by atoms with Gasteiger partial charge in [0.2, 0.25) is 0 Å². The van der Waals surface area contributed by atoms with Gasteiger partial charge in [0.15, 0.2) is 0 Å². The van der Waals surface area contributed by atoms with Crippen molar-refractivity contribution in [2.45, 2.75) is 19.8 Å². The molecule has 17 heavy (non-hydrogen) atoms. The highest BCUT2D eigenvalue weighted by Gasteiger charge is 2.18. The van der Waals surface area contributed by atoms with E-state index in [-0.39, 0.29) is 28.8 Å². The summed E-state index contributed by atoms with van der Waals surface area (Å²) >= 11 is 11.4. The maximum Gasteiger partial charge on any atom is 0.310 e. The van der Waals surface area contributed by atoms with Crippen LogP contribution >= 0.6 is 23.2 Å². The first-order valence-corrected chi connectivity index (χ1v) is 5.49. The Bertz CT molecular complexity index is 404. The quantitative estimate of drug-likeness (QED) is 0.628. The molecule has 94 valence electrons. The van der Waals surface area contributed by atoms with E-state index in [0.717, 1.165) is 6.07 Å². The molecule has 0 radical (unpaired) electrons. The minimum atomic E-state index is -2.76. The van der Waals surface area contributed by atoms with Crippen molar-refractivity contribution in [3.63, 3.8) is 0 Å². The van der Waals surface area contributed by atoms with Crippen molar-refractivity contribution in [1.29, 1.82) is 0 Å². The third-order valence-corrected chi connectivity index (χ3v) is 2.54. The van der Waals surface area contributed by atoms with Gasteiger partial charge in [-0.15, -0.1) is 0 Å². The molecular formula is C10H9Cl2F2NO2. The van der Waals surface area contributed by atoms with E-state index < -0.39 is 18.1 Å². The Kier molecular flexibility index (Phi) is 5.08. The van der Waals surface area contributed by atoms with Crippen LogP contribution in [0.4, 0.5) is 8.78 Å². The lowest BCUT2D eigenvalue weighted by Gasteiger charge is -2.08. The minimum absolute atomic E-state index is 0.0200. The van der Waals surface area contributed by atoms with Gasteiger partial charge in [0.05, 0.1) is 13.0 Å². The maximum absolute atomic E-state index is 12.4. The first-order chi connectivity index (χ1) is 7.95. The molecule has 0 saturated heterocycles. The zero-order chi connectivity index (χ0) is 13.0. The second-order valence-corrected chi connectivity index (χ2v) is 3.85. The number of carbonyl (C=O) groups is 1. The summed E-state index contributed by atoms with van der Waals surface area (Å²) in [6, 6.07) is 0.993. The Morgan fingerprint density at radius 3 is 2.65 bits per heavy atom. The first kappa shape index (κ1) is 14.1. The van der Waals surface area contributed by atoms with Crippen LogP contribution in [0.2, 0.25) is 10.2 Å². The van der Waals surface area contributed by atoms with Crippen LogP contribution in [0.5, 0.6) is 0 Å². The summed E-state index contributed by atoms with van der Waals surface area (Å²) in [5, 5.41) is -0.228. The van der Waals surface area contributed by atoms with Crippen molar-refractivity contribution in [2.24, 2.45) is 0 Å². The van der Waals surface area contributed by atoms with Crippen molar-refractivity contribution in [3.8, 4) is 0 Å². The third kappa shape index (κ3) is 3.78. The molecule has 1 rings (SSSR count). The van der Waals surface area contributed by atoms with E-state index in [2.05, 4.69) is 4.98 Å². The average molecular weight is 284 g/mol. The molecule has 0 aliphatic carbocycles. The largest absolute Gasteiger partial charge is 0.466 e. The van der Waals surface area contributed by atoms with Gasteiger partial charge in [0.25, 0.3) is 6.43 Å². The number of aromatic nitrogens is 1. The number of hydrogen-bond acceptors (Lipinski definition) is 3. The molecule has 3 nitrogen and oxygen atoms in total. The molecule has 0 aliphatic heterocycles. The Labute approximate surface area is 107 Å². The van der Waals surface area contributed by atoms with Crippen LogP contribution in [-0.4, -0.2) is 17.6 Å². The third-order valence-electron chi connectivity index (χ3n) is 1.89. The molecule has 7 heteroatoms. The Hall–Kier alpha value is -0.940. The number of esters is 1. The summed E-state index contributed by atoms with van der Waals surface area (Å²) in [6.07, 6.45) is -2.95. The molecule has 0 saturated carbocycles. The second kappa shape index (κ2) is 6.12. The number of rotatable bonds is 4. The minimum Gasteiger partial charge on any atom is -0.466 e. The number of ether oxygens (including phenoxy) is 1. The van der Waals surface area contributed by atoms with Gasteiger partial charge in [-0.3, -0.25) is 4.79 Å². The Morgan fingerprint density at radius 1 is 1.53 bits per heavy atom. The highest BCUT2D eigenvalue weighted by Crippen LogP contribution is 2.28. The van der Waals surface area contributed by atoms with Crippen LogP contribution in [-0.2, 0) is 16.0 Å². The van der Waals surface area contributed by atoms with Crippen molar-refractivity contribution in [1.82, 2.24) is 4.98 Å². The van der Waals surface area contributed by atoms with E-state index in [9.17, 15) is 13.6 Å². The molecule has 0 amide bonds. The van der Waals surface area contributed by atoms with Gasteiger partial charge >= 0.3 is 5.97 Å². The SMILES string of the molecule is CCOC(=O)Cc1c(Cl)cc(C(F)F)nc1Cl. The standard InChI is InChI=1S/C10H9Cl2F2NO2/c1-2-17-8(16)3-5-6(11)4-7(10(13)14)15-9(5)12/h4,10H,2-3H2,1H3. The zero-order valence-corrected chi connectivity index (χ0v) is 10.4. The van der Waals surface area contributed by atoms with E-state index >= 15 is 0 Å². The highest BCUT2D eigenvalue weighted by molar-refractivity contribution is 6.35. The molecule has 0 atom stereocenters. The zero-order valence-electron chi connectivity index (χ0n) is 8.84. The van der Waals surface area contributed by atoms with E-state index in [1.807, 2.05) is 0 Å². The molecule has 0 spiro atoms. The summed E-state index contributed by atoms with van der Waals surface area (Å²) in [7, 11) is 0. The second-order valence-electron chi connectivity index (χ2n) is 3.08. The van der Waals surface area contributed by atoms with Gasteiger partial charge in [0.1, 0.15) is 10.8 Å². The van der Waals surface area contributed by atoms with Crippen LogP contribution in [0, 0.1) is 0 Å². The van der Waals surface area contributed by atoms with Crippen LogP contribution in [0.3, 0.4) is 0 Å². The van der Waals surface area contributed by atoms with Gasteiger partial charge < -0.3 is 4.74 Å². The van der Waals surface area contributed by atoms with Crippen molar-refractivity contribution >= 4 is 29.2 Å². The molecule has 0 unspecified atom stereocenters. The molecule has 0 aliphatic rings. The predicted molar refractivity (Wildman–Crippen MR) is 59.6 cm³/mol. The monoisotopic (exact) mass is 283 g/mol. The number of carbonyl (C=O) groups excluding carboxylic acids is 1. The van der Waals surface area contributed by atoms with Crippen LogP contribution < -0.4 is 0 Å². The number of pyridine rings is 1. The summed E-state index contributed by atoms with van der Waals surface area (Å²) in [6.45, 7) is 1.87. The number of nitrogens with zero attached hydrogens (tertiary/aromatic N) is 1. The molecule has 0 aromatic carbocycles. The van der Waals surface area contributed by atoms with Crippen molar-refractivity contribution in [3.05, 3.63) is 27.5 Å². The highest BCUT2D eigenvalue weighted by atomic mass is 35.5. The van der Waals surface area contributed by atoms with Gasteiger partial charge in [-0.2, -0.15) is 0 Å². The van der Waals surface area contributed by atoms with Crippen LogP contribution in [0.1, 0.15) is 24.6 Å². The van der Waals surface area contributed by atoms with E-state index in [1.54, 1.807) is 6.92 Å². The van der Waals surface area contributed by atoms with Crippen LogP contribution in [0.25, 0.3) is 0 Å². The Balaban J connectivity index is 2.97. The average Bonchev–Trinajstić information content (AvgIpc) is 2.23. The van der Waals surface area contributed by atoms with E-state index in [4.69, 9.17) is 27.9 Å². The lowest BCUT2D eigenvalue weighted by Crippen LogP contribution is -2.09. The topological polar surface area (TPSA) is 39.2 Å². The first-order valence-electron chi connectivity index (χ1n) is 4.74. The van der Waals surface area contributed by atoms with Gasteiger partial charge in [-0.25, -0.2) is 13.8 Å². The van der Waals surface area contributed by atoms with Crippen molar-refractivity contribution in [2.75, 3.05) is 6.61 Å². The fraction of sp³-hybridized carbons (Fsp3) is 0.400. The molecule has 0 bridgehead atoms. The van der Waals surface area contributed by atoms with Crippen LogP contribution in [0.15, 0.2) is 6.07 Å². The normalized spacial score (nSPS) is 10.7. The van der Waals surface area contributed by atoms with E-state index in [1.165, 1.54) is 0 Å². The lowest BCUT2D eigenvalue weighted by molar-refractivity contribution is -0.142. The molecular weight excluding hydrogens is 275 g/mol. The predicted octanol–water partition coefficient (Wildman–Crippen LogP) is 3.43. The molecule has 0 fully saturated rings. The maximum atomic E-state index is 12.4. The molecule has 1 heterocycles. The fourth-order valence-corrected chi connectivity index (χ4v) is 1.74. The fourth-order valence-electron chi connectivity index (χ4n) is 1.15. The van der Waals surface area contributed by atoms with Crippen molar-refractivity contribution < 1.29 is 18.3 Å². The van der Waals surface area contributed by atoms with Gasteiger partial charge in [-0.05, 0) is 13.0 Å². The Morgan fingerprint density at radius 2 is 2.18 bits per heavy atom. The smallest absolute Gasteiger partial charge is 0.310 e. The number of alkyl halides is 2. The summed E-state index contributed by atoms with van der Waals surface area (Å²) in [5.41, 5.74) is -0.330. The van der Waals surface area contributed by atoms with E-state index in [0.29, 0.717) is 0 Å². The summed E-state index contributed by atoms with van der Waals surface area (Å²) in [5.74, 6) is -0.539. The number of hydrogen-bond donors (Lipinski definition) is 0. The lowest BCUT2D eigenvalue weighted by atomic mass is 10.2.